The molecule has 0 atom stereocenters. The van der Waals surface area contributed by atoms with Gasteiger partial charge in [-0.3, -0.25) is 5.32 Å². The summed E-state index contributed by atoms with van der Waals surface area (Å²) in [6.45, 7) is 6.12. The summed E-state index contributed by atoms with van der Waals surface area (Å²) in [5.41, 5.74) is 2.40. The zero-order chi connectivity index (χ0) is 28.4. The molecule has 0 aliphatic rings. The number of rotatable bonds is 6. The molecule has 1 heterocycles. The van der Waals surface area contributed by atoms with Crippen LogP contribution in [-0.4, -0.2) is 36.5 Å². The van der Waals surface area contributed by atoms with Crippen LogP contribution in [0, 0.1) is 0 Å². The van der Waals surface area contributed by atoms with E-state index in [1.165, 1.54) is 0 Å². The second kappa shape index (κ2) is 11.0. The second-order valence-electron chi connectivity index (χ2n) is 10.0. The van der Waals surface area contributed by atoms with Gasteiger partial charge in [0.2, 0.25) is 10.0 Å². The average molecular weight is 569 g/mol. The lowest BCUT2D eigenvalue weighted by Crippen LogP contribution is -2.38. The molecule has 0 bridgehead atoms. The molecule has 39 heavy (non-hydrogen) atoms. The van der Waals surface area contributed by atoms with E-state index in [-0.39, 0.29) is 12.0 Å². The van der Waals surface area contributed by atoms with Crippen LogP contribution in [0.4, 0.5) is 21.1 Å². The van der Waals surface area contributed by atoms with Crippen molar-refractivity contribution in [3.05, 3.63) is 83.0 Å². The van der Waals surface area contributed by atoms with E-state index in [2.05, 4.69) is 16.0 Å². The maximum Gasteiger partial charge on any atom is 0.328 e. The lowest BCUT2D eigenvalue weighted by atomic mass is 9.92. The Labute approximate surface area is 231 Å². The maximum absolute atomic E-state index is 12.9. The third kappa shape index (κ3) is 7.27. The number of urea groups is 2. The van der Waals surface area contributed by atoms with Crippen molar-refractivity contribution < 1.29 is 18.0 Å². The Balaban J connectivity index is 1.70. The number of aromatic nitrogens is 2. The zero-order valence-electron chi connectivity index (χ0n) is 21.9. The molecule has 0 saturated carbocycles. The highest BCUT2D eigenvalue weighted by Crippen LogP contribution is 2.29. The molecule has 4 rings (SSSR count). The number of anilines is 2. The lowest BCUT2D eigenvalue weighted by molar-refractivity contribution is 0.245. The molecule has 0 spiro atoms. The molecular weight excluding hydrogens is 540 g/mol. The summed E-state index contributed by atoms with van der Waals surface area (Å²) in [7, 11) is -3.70. The number of hydrogen-bond acceptors (Lipinski definition) is 5. The molecule has 12 heteroatoms. The van der Waals surface area contributed by atoms with Gasteiger partial charge in [0, 0.05) is 28.7 Å². The topological polar surface area (TPSA) is 134 Å². The highest BCUT2D eigenvalue weighted by molar-refractivity contribution is 7.89. The van der Waals surface area contributed by atoms with Crippen LogP contribution in [0.15, 0.2) is 66.7 Å². The van der Waals surface area contributed by atoms with Gasteiger partial charge in [-0.05, 0) is 52.7 Å². The number of amides is 4. The van der Waals surface area contributed by atoms with E-state index in [9.17, 15) is 18.0 Å². The monoisotopic (exact) mass is 568 g/mol. The zero-order valence-corrected chi connectivity index (χ0v) is 23.4. The van der Waals surface area contributed by atoms with E-state index in [0.29, 0.717) is 22.2 Å². The van der Waals surface area contributed by atoms with Gasteiger partial charge in [0.25, 0.3) is 0 Å². The standard InChI is InChI=1S/C27H29ClN6O4S/c1-27(2,3)23-15-24(31-26(36)30-20-11-9-19(28)10-12-20)34(32-23)21-13-17-7-5-6-8-22(17)18(14-21)16-29-25(35)33-39(4,37)38/h5-15H,16H2,1-4H3,(H2,29,33,35)(H2,30,31,36). The Hall–Kier alpha value is -4.09. The largest absolute Gasteiger partial charge is 0.333 e. The smallest absolute Gasteiger partial charge is 0.328 e. The van der Waals surface area contributed by atoms with Gasteiger partial charge >= 0.3 is 12.1 Å². The number of benzene rings is 3. The van der Waals surface area contributed by atoms with Crippen molar-refractivity contribution in [3.63, 3.8) is 0 Å². The number of carbonyl (C=O) groups excluding carboxylic acids is 2. The van der Waals surface area contributed by atoms with Crippen LogP contribution in [0.3, 0.4) is 0 Å². The summed E-state index contributed by atoms with van der Waals surface area (Å²) < 4.78 is 26.4. The van der Waals surface area contributed by atoms with E-state index >= 15 is 0 Å². The number of halogens is 1. The molecular formula is C27H29ClN6O4S. The van der Waals surface area contributed by atoms with Crippen LogP contribution in [0.5, 0.6) is 0 Å². The molecule has 4 N–H and O–H groups in total. The van der Waals surface area contributed by atoms with Crippen LogP contribution < -0.4 is 20.7 Å². The van der Waals surface area contributed by atoms with E-state index in [0.717, 1.165) is 28.3 Å². The van der Waals surface area contributed by atoms with Crippen molar-refractivity contribution >= 4 is 56.0 Å². The number of sulfonamides is 1. The van der Waals surface area contributed by atoms with Gasteiger partial charge in [-0.25, -0.2) is 27.4 Å². The Morgan fingerprint density at radius 1 is 0.949 bits per heavy atom. The third-order valence-corrected chi connectivity index (χ3v) is 6.52. The first-order chi connectivity index (χ1) is 18.3. The molecule has 0 aliphatic carbocycles. The molecule has 0 fully saturated rings. The van der Waals surface area contributed by atoms with Crippen molar-refractivity contribution in [1.29, 1.82) is 0 Å². The van der Waals surface area contributed by atoms with Crippen molar-refractivity contribution in [2.75, 3.05) is 16.9 Å². The molecule has 0 aliphatic heterocycles. The number of nitrogens with one attached hydrogen (secondary N) is 4. The SMILES string of the molecule is CC(C)(C)c1cc(NC(=O)Nc2ccc(Cl)cc2)n(-c2cc(CNC(=O)NS(C)(=O)=O)c3ccccc3c2)n1. The molecule has 3 aromatic carbocycles. The molecule has 4 aromatic rings. The molecule has 4 amide bonds. The molecule has 204 valence electrons. The van der Waals surface area contributed by atoms with E-state index in [1.807, 2.05) is 68.0 Å². The molecule has 10 nitrogen and oxygen atoms in total. The third-order valence-electron chi connectivity index (χ3n) is 5.72. The highest BCUT2D eigenvalue weighted by Gasteiger charge is 2.22. The Morgan fingerprint density at radius 3 is 2.31 bits per heavy atom. The Morgan fingerprint density at radius 2 is 1.64 bits per heavy atom. The maximum atomic E-state index is 12.9. The fourth-order valence-corrected chi connectivity index (χ4v) is 4.40. The lowest BCUT2D eigenvalue weighted by Gasteiger charge is -2.15. The summed E-state index contributed by atoms with van der Waals surface area (Å²) in [5, 5.41) is 15.3. The summed E-state index contributed by atoms with van der Waals surface area (Å²) in [4.78, 5) is 25.0. The molecule has 0 radical (unpaired) electrons. The van der Waals surface area contributed by atoms with Gasteiger partial charge in [-0.15, -0.1) is 0 Å². The summed E-state index contributed by atoms with van der Waals surface area (Å²) in [5.74, 6) is 0.440. The van der Waals surface area contributed by atoms with E-state index in [1.54, 1.807) is 28.9 Å². The van der Waals surface area contributed by atoms with Gasteiger partial charge in [-0.1, -0.05) is 56.6 Å². The van der Waals surface area contributed by atoms with Crippen LogP contribution in [0.2, 0.25) is 5.02 Å². The average Bonchev–Trinajstić information content (AvgIpc) is 3.27. The number of fused-ring (bicyclic) bond motifs is 1. The number of carbonyl (C=O) groups is 2. The van der Waals surface area contributed by atoms with Crippen molar-refractivity contribution in [2.24, 2.45) is 0 Å². The van der Waals surface area contributed by atoms with Crippen LogP contribution in [0.1, 0.15) is 32.0 Å². The summed E-state index contributed by atoms with van der Waals surface area (Å²) in [6.07, 6.45) is 0.907. The Bertz CT molecular complexity index is 1640. The predicted octanol–water partition coefficient (Wildman–Crippen LogP) is 5.38. The van der Waals surface area contributed by atoms with Gasteiger partial charge in [0.15, 0.2) is 0 Å². The van der Waals surface area contributed by atoms with Gasteiger partial charge in [-0.2, -0.15) is 5.10 Å². The van der Waals surface area contributed by atoms with Crippen LogP contribution in [-0.2, 0) is 22.0 Å². The first-order valence-electron chi connectivity index (χ1n) is 12.0. The first-order valence-corrected chi connectivity index (χ1v) is 14.3. The summed E-state index contributed by atoms with van der Waals surface area (Å²) in [6, 6.07) is 18.6. The Kier molecular flexibility index (Phi) is 7.84. The van der Waals surface area contributed by atoms with Crippen LogP contribution in [0.25, 0.3) is 16.5 Å². The van der Waals surface area contributed by atoms with E-state index < -0.39 is 22.1 Å². The number of hydrogen-bond donors (Lipinski definition) is 4. The number of nitrogens with zero attached hydrogens (tertiary/aromatic N) is 2. The second-order valence-corrected chi connectivity index (χ2v) is 12.2. The van der Waals surface area contributed by atoms with Gasteiger partial charge in [0.05, 0.1) is 17.6 Å². The quantitative estimate of drug-likeness (QED) is 0.248. The minimum absolute atomic E-state index is 0.0585. The van der Waals surface area contributed by atoms with Crippen LogP contribution >= 0.6 is 11.6 Å². The van der Waals surface area contributed by atoms with Gasteiger partial charge < -0.3 is 10.6 Å². The van der Waals surface area contributed by atoms with Crippen molar-refractivity contribution in [3.8, 4) is 5.69 Å². The van der Waals surface area contributed by atoms with Crippen molar-refractivity contribution in [2.45, 2.75) is 32.7 Å². The summed E-state index contributed by atoms with van der Waals surface area (Å²) >= 11 is 5.94. The van der Waals surface area contributed by atoms with Crippen molar-refractivity contribution in [1.82, 2.24) is 19.8 Å². The normalized spacial score (nSPS) is 11.7. The minimum Gasteiger partial charge on any atom is -0.333 e. The minimum atomic E-state index is -3.70. The predicted molar refractivity (Wildman–Crippen MR) is 154 cm³/mol. The van der Waals surface area contributed by atoms with Gasteiger partial charge in [0.1, 0.15) is 5.82 Å². The highest BCUT2D eigenvalue weighted by atomic mass is 35.5. The first kappa shape index (κ1) is 27.9. The molecule has 0 unspecified atom stereocenters. The molecule has 0 saturated heterocycles. The fourth-order valence-electron chi connectivity index (χ4n) is 3.87. The molecule has 1 aromatic heterocycles. The fraction of sp³-hybridized carbons (Fsp3) is 0.222. The van der Waals surface area contributed by atoms with E-state index in [4.69, 9.17) is 16.7 Å².